The number of ether oxygens (including phenoxy) is 1. The van der Waals surface area contributed by atoms with Crippen molar-refractivity contribution in [3.05, 3.63) is 23.8 Å². The molecule has 0 aliphatic carbocycles. The lowest BCUT2D eigenvalue weighted by molar-refractivity contribution is -0.118. The molecule has 0 atom stereocenters. The van der Waals surface area contributed by atoms with Crippen LogP contribution in [-0.2, 0) is 19.6 Å². The van der Waals surface area contributed by atoms with Crippen LogP contribution >= 0.6 is 0 Å². The molecular formula is C17H28N4O5S. The van der Waals surface area contributed by atoms with Crippen LogP contribution in [0, 0.1) is 6.92 Å². The number of benzene rings is 1. The molecule has 27 heavy (non-hydrogen) atoms. The number of amides is 3. The third-order valence-electron chi connectivity index (χ3n) is 3.84. The minimum Gasteiger partial charge on any atom is -0.383 e. The summed E-state index contributed by atoms with van der Waals surface area (Å²) in [5.74, 6) is -0.540. The smallest absolute Gasteiger partial charge is 0.321 e. The van der Waals surface area contributed by atoms with E-state index in [4.69, 9.17) is 4.74 Å². The maximum absolute atomic E-state index is 12.6. The average Bonchev–Trinajstić information content (AvgIpc) is 2.61. The number of nitrogens with zero attached hydrogens (tertiary/aromatic N) is 1. The standard InChI is InChI=1S/C17H28N4O5S/c1-5-21(6-2)27(24,25)14-8-7-13(3)15(11-14)19-12-16(22)20-17(23)18-9-10-26-4/h7-8,11,19H,5-6,9-10,12H2,1-4H3,(H2,18,20,22,23). The van der Waals surface area contributed by atoms with Gasteiger partial charge in [0, 0.05) is 32.4 Å². The molecule has 0 fully saturated rings. The van der Waals surface area contributed by atoms with E-state index in [9.17, 15) is 18.0 Å². The van der Waals surface area contributed by atoms with Gasteiger partial charge in [-0.3, -0.25) is 10.1 Å². The highest BCUT2D eigenvalue weighted by atomic mass is 32.2. The summed E-state index contributed by atoms with van der Waals surface area (Å²) in [7, 11) is -2.09. The maximum atomic E-state index is 12.6. The minimum absolute atomic E-state index is 0.150. The molecule has 1 aromatic carbocycles. The van der Waals surface area contributed by atoms with Crippen LogP contribution in [0.25, 0.3) is 0 Å². The van der Waals surface area contributed by atoms with Gasteiger partial charge < -0.3 is 15.4 Å². The van der Waals surface area contributed by atoms with Gasteiger partial charge in [-0.15, -0.1) is 0 Å². The van der Waals surface area contributed by atoms with Gasteiger partial charge in [-0.2, -0.15) is 4.31 Å². The van der Waals surface area contributed by atoms with Gasteiger partial charge in [0.15, 0.2) is 0 Å². The monoisotopic (exact) mass is 400 g/mol. The zero-order chi connectivity index (χ0) is 20.4. The highest BCUT2D eigenvalue weighted by Crippen LogP contribution is 2.22. The molecule has 3 amide bonds. The van der Waals surface area contributed by atoms with Crippen LogP contribution < -0.4 is 16.0 Å². The number of nitrogens with one attached hydrogen (secondary N) is 3. The third-order valence-corrected chi connectivity index (χ3v) is 5.88. The SMILES string of the molecule is CCN(CC)S(=O)(=O)c1ccc(C)c(NCC(=O)NC(=O)NCCOC)c1. The lowest BCUT2D eigenvalue weighted by atomic mass is 10.2. The van der Waals surface area contributed by atoms with Crippen molar-refractivity contribution >= 4 is 27.6 Å². The Hall–Kier alpha value is -2.17. The second kappa shape index (κ2) is 10.9. The zero-order valence-electron chi connectivity index (χ0n) is 16.2. The fraction of sp³-hybridized carbons (Fsp3) is 0.529. The Labute approximate surface area is 160 Å². The third kappa shape index (κ3) is 6.81. The predicted octanol–water partition coefficient (Wildman–Crippen LogP) is 0.910. The first-order valence-electron chi connectivity index (χ1n) is 8.67. The summed E-state index contributed by atoms with van der Waals surface area (Å²) in [4.78, 5) is 23.5. The maximum Gasteiger partial charge on any atom is 0.321 e. The van der Waals surface area contributed by atoms with E-state index in [0.717, 1.165) is 5.56 Å². The Morgan fingerprint density at radius 1 is 1.19 bits per heavy atom. The Balaban J connectivity index is 2.76. The van der Waals surface area contributed by atoms with Crippen molar-refractivity contribution in [3.8, 4) is 0 Å². The van der Waals surface area contributed by atoms with Crippen LogP contribution in [0.15, 0.2) is 23.1 Å². The van der Waals surface area contributed by atoms with Crippen LogP contribution in [0.2, 0.25) is 0 Å². The van der Waals surface area contributed by atoms with Crippen LogP contribution in [0.1, 0.15) is 19.4 Å². The topological polar surface area (TPSA) is 117 Å². The normalized spacial score (nSPS) is 11.3. The van der Waals surface area contributed by atoms with Crippen molar-refractivity contribution in [1.82, 2.24) is 14.9 Å². The second-order valence-corrected chi connectivity index (χ2v) is 7.65. The number of urea groups is 1. The number of carbonyl (C=O) groups excluding carboxylic acids is 2. The quantitative estimate of drug-likeness (QED) is 0.503. The molecule has 0 heterocycles. The Kier molecular flexibility index (Phi) is 9.19. The summed E-state index contributed by atoms with van der Waals surface area (Å²) in [6.07, 6.45) is 0. The first kappa shape index (κ1) is 22.9. The molecule has 0 saturated heterocycles. The van der Waals surface area contributed by atoms with Gasteiger partial charge in [0.25, 0.3) is 0 Å². The molecule has 1 rings (SSSR count). The van der Waals surface area contributed by atoms with E-state index < -0.39 is 22.0 Å². The molecule has 0 bridgehead atoms. The van der Waals surface area contributed by atoms with Crippen molar-refractivity contribution in [2.24, 2.45) is 0 Å². The van der Waals surface area contributed by atoms with Crippen LogP contribution in [-0.4, -0.2) is 64.6 Å². The van der Waals surface area contributed by atoms with Crippen molar-refractivity contribution in [1.29, 1.82) is 0 Å². The average molecular weight is 401 g/mol. The molecule has 0 spiro atoms. The predicted molar refractivity (Wildman–Crippen MR) is 103 cm³/mol. The number of hydrogen-bond acceptors (Lipinski definition) is 6. The number of carbonyl (C=O) groups is 2. The molecule has 0 unspecified atom stereocenters. The minimum atomic E-state index is -3.59. The van der Waals surface area contributed by atoms with Crippen LogP contribution in [0.5, 0.6) is 0 Å². The molecule has 1 aromatic rings. The number of hydrogen-bond donors (Lipinski definition) is 3. The van der Waals surface area contributed by atoms with E-state index in [1.807, 2.05) is 0 Å². The van der Waals surface area contributed by atoms with Gasteiger partial charge in [-0.05, 0) is 24.6 Å². The van der Waals surface area contributed by atoms with Gasteiger partial charge in [-0.1, -0.05) is 19.9 Å². The molecule has 3 N–H and O–H groups in total. The summed E-state index contributed by atoms with van der Waals surface area (Å²) in [6.45, 7) is 6.54. The van der Waals surface area contributed by atoms with Crippen molar-refractivity contribution in [3.63, 3.8) is 0 Å². The largest absolute Gasteiger partial charge is 0.383 e. The molecule has 152 valence electrons. The van der Waals surface area contributed by atoms with Crippen LogP contribution in [0.3, 0.4) is 0 Å². The number of imide groups is 1. The Bertz CT molecular complexity index is 748. The first-order valence-corrected chi connectivity index (χ1v) is 10.1. The van der Waals surface area contributed by atoms with Gasteiger partial charge in [0.05, 0.1) is 18.0 Å². The Morgan fingerprint density at radius 2 is 1.85 bits per heavy atom. The summed E-state index contributed by atoms with van der Waals surface area (Å²) >= 11 is 0. The molecular weight excluding hydrogens is 372 g/mol. The van der Waals surface area contributed by atoms with Gasteiger partial charge in [-0.25, -0.2) is 13.2 Å². The van der Waals surface area contributed by atoms with E-state index in [1.54, 1.807) is 26.8 Å². The molecule has 9 nitrogen and oxygen atoms in total. The van der Waals surface area contributed by atoms with Crippen molar-refractivity contribution < 1.29 is 22.7 Å². The van der Waals surface area contributed by atoms with E-state index in [1.165, 1.54) is 23.5 Å². The molecule has 0 aliphatic rings. The van der Waals surface area contributed by atoms with Gasteiger partial charge >= 0.3 is 6.03 Å². The molecule has 0 radical (unpaired) electrons. The highest BCUT2D eigenvalue weighted by molar-refractivity contribution is 7.89. The molecule has 0 saturated carbocycles. The number of rotatable bonds is 10. The van der Waals surface area contributed by atoms with Crippen LogP contribution in [0.4, 0.5) is 10.5 Å². The number of sulfonamides is 1. The zero-order valence-corrected chi connectivity index (χ0v) is 17.0. The Morgan fingerprint density at radius 3 is 2.44 bits per heavy atom. The van der Waals surface area contributed by atoms with Gasteiger partial charge in [0.1, 0.15) is 0 Å². The molecule has 0 aromatic heterocycles. The number of aryl methyl sites for hydroxylation is 1. The summed E-state index contributed by atoms with van der Waals surface area (Å²) in [5.41, 5.74) is 1.30. The van der Waals surface area contributed by atoms with Crippen molar-refractivity contribution in [2.45, 2.75) is 25.7 Å². The van der Waals surface area contributed by atoms with E-state index in [-0.39, 0.29) is 18.0 Å². The number of methoxy groups -OCH3 is 1. The van der Waals surface area contributed by atoms with E-state index in [0.29, 0.717) is 25.4 Å². The summed E-state index contributed by atoms with van der Waals surface area (Å²) in [5, 5.41) is 7.52. The lowest BCUT2D eigenvalue weighted by Gasteiger charge is -2.19. The fourth-order valence-electron chi connectivity index (χ4n) is 2.32. The second-order valence-electron chi connectivity index (χ2n) is 5.72. The molecule has 10 heteroatoms. The van der Waals surface area contributed by atoms with E-state index in [2.05, 4.69) is 16.0 Å². The van der Waals surface area contributed by atoms with Gasteiger partial charge in [0.2, 0.25) is 15.9 Å². The molecule has 0 aliphatic heterocycles. The fourth-order valence-corrected chi connectivity index (χ4v) is 3.81. The highest BCUT2D eigenvalue weighted by Gasteiger charge is 2.22. The lowest BCUT2D eigenvalue weighted by Crippen LogP contribution is -2.43. The van der Waals surface area contributed by atoms with E-state index >= 15 is 0 Å². The first-order chi connectivity index (χ1) is 12.8. The summed E-state index contributed by atoms with van der Waals surface area (Å²) in [6, 6.07) is 4.09. The van der Waals surface area contributed by atoms with Crippen molar-refractivity contribution in [2.75, 3.05) is 45.2 Å². The summed E-state index contributed by atoms with van der Waals surface area (Å²) < 4.78 is 31.4. The number of anilines is 1.